The number of ether oxygens (including phenoxy) is 4. The molecule has 32 heavy (non-hydrogen) atoms. The van der Waals surface area contributed by atoms with E-state index in [1.54, 1.807) is 19.3 Å². The molecule has 0 fully saturated rings. The van der Waals surface area contributed by atoms with Gasteiger partial charge in [-0.05, 0) is 64.0 Å². The number of carbonyl (C=O) groups excluding carboxylic acids is 1. The van der Waals surface area contributed by atoms with Crippen LogP contribution in [0, 0.1) is 0 Å². The van der Waals surface area contributed by atoms with Gasteiger partial charge in [0.2, 0.25) is 5.90 Å². The highest BCUT2D eigenvalue weighted by atomic mass is 79.9. The van der Waals surface area contributed by atoms with Crippen LogP contribution < -0.4 is 14.2 Å². The van der Waals surface area contributed by atoms with Crippen LogP contribution in [0.25, 0.3) is 6.08 Å². The number of carbonyl (C=O) groups is 1. The summed E-state index contributed by atoms with van der Waals surface area (Å²) < 4.78 is 23.0. The van der Waals surface area contributed by atoms with Crippen molar-refractivity contribution in [1.29, 1.82) is 0 Å². The van der Waals surface area contributed by atoms with Crippen molar-refractivity contribution in [3.8, 4) is 17.2 Å². The van der Waals surface area contributed by atoms with E-state index < -0.39 is 5.97 Å². The summed E-state index contributed by atoms with van der Waals surface area (Å²) in [5.41, 5.74) is 1.67. The molecule has 0 N–H and O–H groups in total. The minimum Gasteiger partial charge on any atom is -0.493 e. The summed E-state index contributed by atoms with van der Waals surface area (Å²) >= 11 is 3.52. The summed E-state index contributed by atoms with van der Waals surface area (Å²) in [6.45, 7) is 0.718. The Morgan fingerprint density at radius 2 is 1.66 bits per heavy atom. The van der Waals surface area contributed by atoms with E-state index in [-0.39, 0.29) is 11.6 Å². The van der Waals surface area contributed by atoms with E-state index >= 15 is 0 Å². The zero-order valence-corrected chi connectivity index (χ0v) is 18.9. The Hall–Kier alpha value is -3.58. The molecule has 0 atom stereocenters. The fourth-order valence-electron chi connectivity index (χ4n) is 3.05. The van der Waals surface area contributed by atoms with Crippen LogP contribution in [0.4, 0.5) is 0 Å². The average molecular weight is 494 g/mol. The van der Waals surface area contributed by atoms with Gasteiger partial charge in [0.15, 0.2) is 17.2 Å². The summed E-state index contributed by atoms with van der Waals surface area (Å²) in [5, 5.41) is 0. The van der Waals surface area contributed by atoms with E-state index in [2.05, 4.69) is 20.9 Å². The first-order chi connectivity index (χ1) is 15.6. The maximum Gasteiger partial charge on any atom is 0.363 e. The Morgan fingerprint density at radius 3 is 2.38 bits per heavy atom. The van der Waals surface area contributed by atoms with Gasteiger partial charge in [0, 0.05) is 5.56 Å². The second-order valence-corrected chi connectivity index (χ2v) is 7.60. The molecule has 0 amide bonds. The van der Waals surface area contributed by atoms with Crippen LogP contribution in [0.5, 0.6) is 17.2 Å². The molecule has 7 heteroatoms. The summed E-state index contributed by atoms with van der Waals surface area (Å²) in [7, 11) is 1.56. The third kappa shape index (κ3) is 5.18. The van der Waals surface area contributed by atoms with E-state index in [9.17, 15) is 4.79 Å². The molecule has 0 aliphatic carbocycles. The highest BCUT2D eigenvalue weighted by Gasteiger charge is 2.24. The summed E-state index contributed by atoms with van der Waals surface area (Å²) in [6, 6.07) is 22.4. The van der Waals surface area contributed by atoms with Gasteiger partial charge in [0.25, 0.3) is 0 Å². The van der Waals surface area contributed by atoms with Crippen LogP contribution in [-0.4, -0.2) is 32.2 Å². The van der Waals surface area contributed by atoms with Crippen LogP contribution >= 0.6 is 15.9 Å². The highest BCUT2D eigenvalue weighted by Crippen LogP contribution is 2.37. The molecule has 1 heterocycles. The second kappa shape index (κ2) is 10.2. The third-order valence-corrected chi connectivity index (χ3v) is 5.13. The number of benzene rings is 3. The molecule has 4 rings (SSSR count). The lowest BCUT2D eigenvalue weighted by Crippen LogP contribution is -2.10. The normalized spacial score (nSPS) is 14.1. The molecule has 0 aromatic heterocycles. The largest absolute Gasteiger partial charge is 0.493 e. The fraction of sp³-hybridized carbons (Fsp3) is 0.120. The van der Waals surface area contributed by atoms with Gasteiger partial charge in [-0.2, -0.15) is 0 Å². The van der Waals surface area contributed by atoms with E-state index in [4.69, 9.17) is 18.9 Å². The van der Waals surface area contributed by atoms with Crippen LogP contribution in [0.2, 0.25) is 0 Å². The van der Waals surface area contributed by atoms with Crippen LogP contribution in [0.3, 0.4) is 0 Å². The average Bonchev–Trinajstić information content (AvgIpc) is 3.18. The fourth-order valence-corrected chi connectivity index (χ4v) is 3.63. The molecule has 1 aliphatic rings. The lowest BCUT2D eigenvalue weighted by molar-refractivity contribution is -0.129. The molecule has 162 valence electrons. The Balaban J connectivity index is 1.48. The van der Waals surface area contributed by atoms with Crippen molar-refractivity contribution in [1.82, 2.24) is 0 Å². The lowest BCUT2D eigenvalue weighted by Gasteiger charge is -2.14. The van der Waals surface area contributed by atoms with Crippen molar-refractivity contribution < 1.29 is 23.7 Å². The molecule has 3 aromatic carbocycles. The molecule has 6 nitrogen and oxygen atoms in total. The maximum absolute atomic E-state index is 12.3. The number of hydrogen-bond acceptors (Lipinski definition) is 6. The van der Waals surface area contributed by atoms with E-state index in [0.717, 1.165) is 11.3 Å². The summed E-state index contributed by atoms with van der Waals surface area (Å²) in [5.74, 6) is 1.63. The van der Waals surface area contributed by atoms with Gasteiger partial charge in [-0.15, -0.1) is 0 Å². The van der Waals surface area contributed by atoms with Gasteiger partial charge in [-0.1, -0.05) is 36.4 Å². The predicted octanol–water partition coefficient (Wildman–Crippen LogP) is 5.26. The molecule has 1 aliphatic heterocycles. The molecular weight excluding hydrogens is 474 g/mol. The van der Waals surface area contributed by atoms with Gasteiger partial charge >= 0.3 is 5.97 Å². The molecule has 0 saturated carbocycles. The second-order valence-electron chi connectivity index (χ2n) is 6.75. The third-order valence-electron chi connectivity index (χ3n) is 4.54. The lowest BCUT2D eigenvalue weighted by atomic mass is 10.1. The zero-order chi connectivity index (χ0) is 22.3. The number of halogens is 1. The van der Waals surface area contributed by atoms with Gasteiger partial charge in [0.1, 0.15) is 19.0 Å². The van der Waals surface area contributed by atoms with Gasteiger partial charge in [-0.3, -0.25) is 0 Å². The number of aliphatic imine (C=N–C) groups is 1. The van der Waals surface area contributed by atoms with Gasteiger partial charge < -0.3 is 18.9 Å². The van der Waals surface area contributed by atoms with E-state index in [0.29, 0.717) is 34.7 Å². The Labute approximate surface area is 194 Å². The molecular formula is C25H20BrNO5. The minimum atomic E-state index is -0.502. The highest BCUT2D eigenvalue weighted by molar-refractivity contribution is 9.10. The first-order valence-electron chi connectivity index (χ1n) is 9.90. The zero-order valence-electron chi connectivity index (χ0n) is 17.3. The van der Waals surface area contributed by atoms with Crippen molar-refractivity contribution >= 4 is 33.9 Å². The number of esters is 1. The Kier molecular flexibility index (Phi) is 6.87. The number of para-hydroxylation sites is 1. The van der Waals surface area contributed by atoms with Crippen molar-refractivity contribution in [2.24, 2.45) is 4.99 Å². The topological polar surface area (TPSA) is 66.4 Å². The monoisotopic (exact) mass is 493 g/mol. The SMILES string of the molecule is COc1cc(/C=C2/N=C(c3ccccc3)OC2=O)cc(Br)c1OCCOc1ccccc1. The van der Waals surface area contributed by atoms with Crippen molar-refractivity contribution in [2.75, 3.05) is 20.3 Å². The van der Waals surface area contributed by atoms with Crippen LogP contribution in [-0.2, 0) is 9.53 Å². The maximum atomic E-state index is 12.3. The first-order valence-corrected chi connectivity index (χ1v) is 10.7. The molecule has 0 bridgehead atoms. The standard InChI is InChI=1S/C25H20BrNO5/c1-29-22-16-17(15-21-25(28)32-24(27-21)18-8-4-2-5-9-18)14-20(26)23(22)31-13-12-30-19-10-6-3-7-11-19/h2-11,14-16H,12-13H2,1H3/b21-15+. The predicted molar refractivity (Wildman–Crippen MR) is 125 cm³/mol. The first kappa shape index (κ1) is 21.6. The summed E-state index contributed by atoms with van der Waals surface area (Å²) in [6.07, 6.45) is 1.65. The van der Waals surface area contributed by atoms with Crippen molar-refractivity contribution in [2.45, 2.75) is 0 Å². The van der Waals surface area contributed by atoms with Crippen LogP contribution in [0.15, 0.2) is 88.0 Å². The summed E-state index contributed by atoms with van der Waals surface area (Å²) in [4.78, 5) is 16.6. The van der Waals surface area contributed by atoms with Crippen molar-refractivity contribution in [3.05, 3.63) is 94.1 Å². The Bertz CT molecular complexity index is 1160. The number of rotatable bonds is 8. The molecule has 0 spiro atoms. The number of cyclic esters (lactones) is 1. The van der Waals surface area contributed by atoms with Crippen molar-refractivity contribution in [3.63, 3.8) is 0 Å². The molecule has 3 aromatic rings. The molecule has 0 unspecified atom stereocenters. The Morgan fingerprint density at radius 1 is 0.969 bits per heavy atom. The van der Waals surface area contributed by atoms with Gasteiger partial charge in [-0.25, -0.2) is 9.79 Å². The molecule has 0 radical (unpaired) electrons. The smallest absolute Gasteiger partial charge is 0.363 e. The number of hydrogen-bond donors (Lipinski definition) is 0. The van der Waals surface area contributed by atoms with Crippen LogP contribution in [0.1, 0.15) is 11.1 Å². The number of methoxy groups -OCH3 is 1. The van der Waals surface area contributed by atoms with E-state index in [1.165, 1.54) is 0 Å². The van der Waals surface area contributed by atoms with E-state index in [1.807, 2.05) is 66.7 Å². The quantitative estimate of drug-likeness (QED) is 0.243. The van der Waals surface area contributed by atoms with Gasteiger partial charge in [0.05, 0.1) is 11.6 Å². The number of nitrogens with zero attached hydrogens (tertiary/aromatic N) is 1. The minimum absolute atomic E-state index is 0.211. The molecule has 0 saturated heterocycles.